The minimum absolute atomic E-state index is 0.124. The van der Waals surface area contributed by atoms with Crippen LogP contribution in [0.25, 0.3) is 0 Å². The summed E-state index contributed by atoms with van der Waals surface area (Å²) in [5.41, 5.74) is 0.105. The highest BCUT2D eigenvalue weighted by Crippen LogP contribution is 2.18. The molecule has 0 saturated carbocycles. The third kappa shape index (κ3) is 2.26. The fraction of sp³-hybridized carbons (Fsp3) is 0.667. The van der Waals surface area contributed by atoms with E-state index < -0.39 is 0 Å². The molecule has 0 amide bonds. The Balaban J connectivity index is 2.30. The molecule has 1 fully saturated rings. The smallest absolute Gasteiger partial charge is 0.330 e. The van der Waals surface area contributed by atoms with E-state index in [4.69, 9.17) is 0 Å². The summed E-state index contributed by atoms with van der Waals surface area (Å²) >= 11 is 0. The standard InChI is InChI=1S/C12H19N3O3/c1-13-10(6-11(17)14(2)12(13)18)7-15-5-3-4-9(15)8-16/h6,9,16H,3-5,7-8H2,1-2H3/t9-/m0/s1. The van der Waals surface area contributed by atoms with Crippen LogP contribution < -0.4 is 11.2 Å². The van der Waals surface area contributed by atoms with Gasteiger partial charge in [0.25, 0.3) is 5.56 Å². The highest BCUT2D eigenvalue weighted by Gasteiger charge is 2.24. The molecule has 1 aromatic heterocycles. The van der Waals surface area contributed by atoms with Gasteiger partial charge in [0.1, 0.15) is 0 Å². The van der Waals surface area contributed by atoms with Gasteiger partial charge in [-0.3, -0.25) is 18.8 Å². The molecule has 0 spiro atoms. The topological polar surface area (TPSA) is 67.5 Å². The Hall–Kier alpha value is -1.40. The molecule has 1 saturated heterocycles. The molecule has 1 N–H and O–H groups in total. The zero-order valence-corrected chi connectivity index (χ0v) is 10.8. The largest absolute Gasteiger partial charge is 0.395 e. The lowest BCUT2D eigenvalue weighted by Gasteiger charge is -2.23. The Morgan fingerprint density at radius 3 is 2.72 bits per heavy atom. The first-order valence-electron chi connectivity index (χ1n) is 6.15. The van der Waals surface area contributed by atoms with Crippen LogP contribution in [0, 0.1) is 0 Å². The minimum Gasteiger partial charge on any atom is -0.395 e. The van der Waals surface area contributed by atoms with Gasteiger partial charge in [-0.15, -0.1) is 0 Å². The average Bonchev–Trinajstić information content (AvgIpc) is 2.80. The van der Waals surface area contributed by atoms with Crippen molar-refractivity contribution >= 4 is 0 Å². The molecule has 1 aromatic rings. The number of hydrogen-bond donors (Lipinski definition) is 1. The molecular weight excluding hydrogens is 234 g/mol. The van der Waals surface area contributed by atoms with E-state index in [1.807, 2.05) is 0 Å². The van der Waals surface area contributed by atoms with Gasteiger partial charge in [0.2, 0.25) is 0 Å². The molecule has 0 radical (unpaired) electrons. The summed E-state index contributed by atoms with van der Waals surface area (Å²) < 4.78 is 2.59. The maximum Gasteiger partial charge on any atom is 0.330 e. The van der Waals surface area contributed by atoms with E-state index in [9.17, 15) is 14.7 Å². The molecule has 2 rings (SSSR count). The van der Waals surface area contributed by atoms with E-state index in [2.05, 4.69) is 4.90 Å². The Labute approximate surface area is 105 Å². The highest BCUT2D eigenvalue weighted by molar-refractivity contribution is 5.03. The molecular formula is C12H19N3O3. The van der Waals surface area contributed by atoms with Crippen LogP contribution >= 0.6 is 0 Å². The van der Waals surface area contributed by atoms with Gasteiger partial charge in [-0.1, -0.05) is 0 Å². The van der Waals surface area contributed by atoms with Gasteiger partial charge in [-0.25, -0.2) is 4.79 Å². The van der Waals surface area contributed by atoms with Gasteiger partial charge in [0.05, 0.1) is 6.61 Å². The molecule has 0 bridgehead atoms. The molecule has 2 heterocycles. The van der Waals surface area contributed by atoms with E-state index in [0.717, 1.165) is 24.0 Å². The van der Waals surface area contributed by atoms with Crippen molar-refractivity contribution in [3.8, 4) is 0 Å². The predicted molar refractivity (Wildman–Crippen MR) is 67.4 cm³/mol. The quantitative estimate of drug-likeness (QED) is 0.753. The molecule has 6 heteroatoms. The summed E-state index contributed by atoms with van der Waals surface area (Å²) in [7, 11) is 3.14. The number of rotatable bonds is 3. The van der Waals surface area contributed by atoms with Gasteiger partial charge in [-0.2, -0.15) is 0 Å². The van der Waals surface area contributed by atoms with E-state index in [1.165, 1.54) is 17.7 Å². The molecule has 1 aliphatic rings. The first-order valence-corrected chi connectivity index (χ1v) is 6.15. The molecule has 0 aliphatic carbocycles. The molecule has 100 valence electrons. The zero-order valence-electron chi connectivity index (χ0n) is 10.8. The normalized spacial score (nSPS) is 20.5. The molecule has 0 aromatic carbocycles. The summed E-state index contributed by atoms with van der Waals surface area (Å²) in [5, 5.41) is 9.26. The van der Waals surface area contributed by atoms with Crippen LogP contribution in [0.5, 0.6) is 0 Å². The fourth-order valence-electron chi connectivity index (χ4n) is 2.45. The van der Waals surface area contributed by atoms with Gasteiger partial charge in [0.15, 0.2) is 0 Å². The summed E-state index contributed by atoms with van der Waals surface area (Å²) in [6.07, 6.45) is 2.01. The lowest BCUT2D eigenvalue weighted by Crippen LogP contribution is -2.40. The number of hydrogen-bond acceptors (Lipinski definition) is 4. The minimum atomic E-state index is -0.308. The zero-order chi connectivity index (χ0) is 13.3. The third-order valence-electron chi connectivity index (χ3n) is 3.70. The highest BCUT2D eigenvalue weighted by atomic mass is 16.3. The third-order valence-corrected chi connectivity index (χ3v) is 3.70. The van der Waals surface area contributed by atoms with Crippen molar-refractivity contribution in [3.05, 3.63) is 32.6 Å². The molecule has 6 nitrogen and oxygen atoms in total. The monoisotopic (exact) mass is 253 g/mol. The van der Waals surface area contributed by atoms with Crippen LogP contribution in [0.3, 0.4) is 0 Å². The van der Waals surface area contributed by atoms with Crippen molar-refractivity contribution in [2.45, 2.75) is 25.4 Å². The van der Waals surface area contributed by atoms with Gasteiger partial charge < -0.3 is 5.11 Å². The summed E-state index contributed by atoms with van der Waals surface area (Å²) in [4.78, 5) is 25.5. The van der Waals surface area contributed by atoms with E-state index in [-0.39, 0.29) is 23.9 Å². The fourth-order valence-corrected chi connectivity index (χ4v) is 2.45. The van der Waals surface area contributed by atoms with E-state index in [0.29, 0.717) is 12.2 Å². The van der Waals surface area contributed by atoms with E-state index >= 15 is 0 Å². The van der Waals surface area contributed by atoms with Crippen LogP contribution in [0.1, 0.15) is 18.5 Å². The first kappa shape index (κ1) is 13.0. The Morgan fingerprint density at radius 1 is 1.33 bits per heavy atom. The second-order valence-electron chi connectivity index (χ2n) is 4.82. The van der Waals surface area contributed by atoms with Gasteiger partial charge >= 0.3 is 5.69 Å². The first-order chi connectivity index (χ1) is 8.54. The van der Waals surface area contributed by atoms with Crippen LogP contribution in [-0.2, 0) is 20.6 Å². The van der Waals surface area contributed by atoms with Gasteiger partial charge in [-0.05, 0) is 19.4 Å². The average molecular weight is 253 g/mol. The maximum absolute atomic E-state index is 11.8. The lowest BCUT2D eigenvalue weighted by atomic mass is 10.2. The Bertz CT molecular complexity index is 546. The second-order valence-corrected chi connectivity index (χ2v) is 4.82. The van der Waals surface area contributed by atoms with Crippen LogP contribution in [0.2, 0.25) is 0 Å². The predicted octanol–water partition coefficient (Wildman–Crippen LogP) is -0.959. The van der Waals surface area contributed by atoms with Crippen molar-refractivity contribution in [3.63, 3.8) is 0 Å². The van der Waals surface area contributed by atoms with Crippen LogP contribution in [-0.4, -0.2) is 38.3 Å². The van der Waals surface area contributed by atoms with Crippen molar-refractivity contribution in [1.29, 1.82) is 0 Å². The maximum atomic E-state index is 11.8. The Kier molecular flexibility index (Phi) is 3.68. The van der Waals surface area contributed by atoms with Crippen LogP contribution in [0.4, 0.5) is 0 Å². The SMILES string of the molecule is Cn1c(CN2CCC[C@H]2CO)cc(=O)n(C)c1=O. The summed E-state index contributed by atoms with van der Waals surface area (Å²) in [5.74, 6) is 0. The second kappa shape index (κ2) is 5.07. The number of nitrogens with zero attached hydrogens (tertiary/aromatic N) is 3. The molecule has 1 atom stereocenters. The molecule has 0 unspecified atom stereocenters. The number of aliphatic hydroxyl groups excluding tert-OH is 1. The molecule has 18 heavy (non-hydrogen) atoms. The van der Waals surface area contributed by atoms with Crippen molar-refractivity contribution in [2.75, 3.05) is 13.2 Å². The van der Waals surface area contributed by atoms with Crippen LogP contribution in [0.15, 0.2) is 15.7 Å². The van der Waals surface area contributed by atoms with E-state index in [1.54, 1.807) is 7.05 Å². The summed E-state index contributed by atoms with van der Waals surface area (Å²) in [6.45, 7) is 1.56. The molecule has 1 aliphatic heterocycles. The van der Waals surface area contributed by atoms with Crippen molar-refractivity contribution in [1.82, 2.24) is 14.0 Å². The number of aromatic nitrogens is 2. The number of aliphatic hydroxyl groups is 1. The Morgan fingerprint density at radius 2 is 2.06 bits per heavy atom. The van der Waals surface area contributed by atoms with Gasteiger partial charge in [0, 0.05) is 38.4 Å². The van der Waals surface area contributed by atoms with Crippen molar-refractivity contribution < 1.29 is 5.11 Å². The van der Waals surface area contributed by atoms with Crippen molar-refractivity contribution in [2.24, 2.45) is 14.1 Å². The number of likely N-dealkylation sites (tertiary alicyclic amines) is 1. The summed E-state index contributed by atoms with van der Waals surface area (Å²) in [6, 6.07) is 1.64. The lowest BCUT2D eigenvalue weighted by molar-refractivity contribution is 0.151.